The Hall–Kier alpha value is -3.37. The smallest absolute Gasteiger partial charge is 0.276 e. The van der Waals surface area contributed by atoms with Crippen LogP contribution in [0.3, 0.4) is 0 Å². The molecule has 1 fully saturated rings. The number of hydrogen-bond acceptors (Lipinski definition) is 4. The Bertz CT molecular complexity index is 1230. The number of nitrogens with one attached hydrogen (secondary N) is 1. The molecule has 1 N–H and O–H groups in total. The summed E-state index contributed by atoms with van der Waals surface area (Å²) in [6.07, 6.45) is 11.8. The zero-order valence-electron chi connectivity index (χ0n) is 19.6. The van der Waals surface area contributed by atoms with E-state index in [-0.39, 0.29) is 22.9 Å². The van der Waals surface area contributed by atoms with E-state index < -0.39 is 0 Å². The molecule has 1 unspecified atom stereocenters. The molecule has 8 heteroatoms. The van der Waals surface area contributed by atoms with E-state index in [0.29, 0.717) is 43.4 Å². The number of nitrogens with zero attached hydrogens (tertiary/aromatic N) is 4. The summed E-state index contributed by atoms with van der Waals surface area (Å²) in [5.74, 6) is 6.98. The van der Waals surface area contributed by atoms with Gasteiger partial charge < -0.3 is 10.2 Å². The van der Waals surface area contributed by atoms with Crippen molar-refractivity contribution in [2.24, 2.45) is 5.92 Å². The lowest BCUT2D eigenvalue weighted by Gasteiger charge is -2.32. The first-order valence-corrected chi connectivity index (χ1v) is 11.9. The van der Waals surface area contributed by atoms with Gasteiger partial charge in [0.2, 0.25) is 5.91 Å². The van der Waals surface area contributed by atoms with Gasteiger partial charge >= 0.3 is 0 Å². The maximum Gasteiger partial charge on any atom is 0.276 e. The fourth-order valence-electron chi connectivity index (χ4n) is 4.25. The minimum atomic E-state index is -0.362. The largest absolute Gasteiger partial charge is 0.343 e. The first kappa shape index (κ1) is 23.8. The lowest BCUT2D eigenvalue weighted by atomic mass is 9.94. The molecule has 2 aromatic rings. The van der Waals surface area contributed by atoms with Crippen LogP contribution in [0.2, 0.25) is 5.02 Å². The minimum absolute atomic E-state index is 0.00175. The highest BCUT2D eigenvalue weighted by molar-refractivity contribution is 6.34. The third kappa shape index (κ3) is 5.23. The molecule has 0 spiro atoms. The number of carbonyl (C=O) groups is 2. The van der Waals surface area contributed by atoms with Gasteiger partial charge in [-0.3, -0.25) is 14.3 Å². The quantitative estimate of drug-likeness (QED) is 0.657. The summed E-state index contributed by atoms with van der Waals surface area (Å²) in [5.41, 5.74) is 3.01. The van der Waals surface area contributed by atoms with Gasteiger partial charge in [0.05, 0.1) is 17.3 Å². The van der Waals surface area contributed by atoms with Crippen molar-refractivity contribution in [2.45, 2.75) is 46.1 Å². The molecule has 4 rings (SSSR count). The van der Waals surface area contributed by atoms with Gasteiger partial charge in [-0.1, -0.05) is 48.6 Å². The van der Waals surface area contributed by atoms with Crippen LogP contribution in [-0.4, -0.2) is 44.6 Å². The van der Waals surface area contributed by atoms with E-state index in [9.17, 15) is 9.59 Å². The normalized spacial score (nSPS) is 18.2. The molecule has 2 aliphatic rings. The van der Waals surface area contributed by atoms with E-state index in [4.69, 9.17) is 11.6 Å². The van der Waals surface area contributed by atoms with Crippen LogP contribution in [0.1, 0.15) is 60.8 Å². The molecule has 0 bridgehead atoms. The van der Waals surface area contributed by atoms with E-state index in [1.165, 1.54) is 6.20 Å². The predicted molar refractivity (Wildman–Crippen MR) is 133 cm³/mol. The summed E-state index contributed by atoms with van der Waals surface area (Å²) in [6.45, 7) is 6.88. The van der Waals surface area contributed by atoms with Crippen LogP contribution >= 0.6 is 11.6 Å². The Kier molecular flexibility index (Phi) is 7.18. The van der Waals surface area contributed by atoms with Crippen molar-refractivity contribution in [1.82, 2.24) is 19.7 Å². The summed E-state index contributed by atoms with van der Waals surface area (Å²) in [5, 5.41) is 7.51. The molecule has 1 aliphatic carbocycles. The van der Waals surface area contributed by atoms with Crippen molar-refractivity contribution in [3.05, 3.63) is 64.1 Å². The average Bonchev–Trinajstić information content (AvgIpc) is 3.21. The van der Waals surface area contributed by atoms with Gasteiger partial charge in [0.25, 0.3) is 5.91 Å². The lowest BCUT2D eigenvalue weighted by molar-refractivity contribution is -0.130. The van der Waals surface area contributed by atoms with Crippen LogP contribution in [0.15, 0.2) is 42.3 Å². The standard InChI is InChI=1S/C26H28ClN5O2/c1-17-6-4-5-7-21(17)9-8-20-14-18(2)25(28-15-20)30-26(34)24-23(27)16-29-32(24)22-10-12-31(13-11-22)19(3)33/h4-5,7,14-17,22H,6,10-13H2,1-3H3,(H,28,30,34). The minimum Gasteiger partial charge on any atom is -0.343 e. The van der Waals surface area contributed by atoms with Crippen LogP contribution in [-0.2, 0) is 4.79 Å². The molecule has 3 heterocycles. The third-order valence-corrected chi connectivity index (χ3v) is 6.59. The highest BCUT2D eigenvalue weighted by Gasteiger charge is 2.28. The number of amides is 2. The van der Waals surface area contributed by atoms with Crippen molar-refractivity contribution in [2.75, 3.05) is 18.4 Å². The molecule has 2 amide bonds. The van der Waals surface area contributed by atoms with Crippen LogP contribution in [0.4, 0.5) is 5.82 Å². The molecule has 2 aromatic heterocycles. The Morgan fingerprint density at radius 1 is 1.21 bits per heavy atom. The second-order valence-electron chi connectivity index (χ2n) is 8.80. The van der Waals surface area contributed by atoms with Gasteiger partial charge in [-0.25, -0.2) is 4.98 Å². The van der Waals surface area contributed by atoms with Crippen molar-refractivity contribution < 1.29 is 9.59 Å². The first-order valence-electron chi connectivity index (χ1n) is 11.5. The molecule has 1 saturated heterocycles. The number of halogens is 1. The highest BCUT2D eigenvalue weighted by Crippen LogP contribution is 2.28. The first-order chi connectivity index (χ1) is 16.3. The second kappa shape index (κ2) is 10.3. The maximum absolute atomic E-state index is 13.1. The maximum atomic E-state index is 13.1. The predicted octanol–water partition coefficient (Wildman–Crippen LogP) is 4.55. The van der Waals surface area contributed by atoms with Gasteiger partial charge in [0.15, 0.2) is 0 Å². The summed E-state index contributed by atoms with van der Waals surface area (Å²) < 4.78 is 1.68. The molecular weight excluding hydrogens is 450 g/mol. The van der Waals surface area contributed by atoms with Gasteiger partial charge in [-0.05, 0) is 43.7 Å². The zero-order valence-corrected chi connectivity index (χ0v) is 20.4. The Balaban J connectivity index is 1.48. The van der Waals surface area contributed by atoms with Gasteiger partial charge in [-0.15, -0.1) is 0 Å². The molecule has 1 aliphatic heterocycles. The van der Waals surface area contributed by atoms with E-state index in [2.05, 4.69) is 40.2 Å². The summed E-state index contributed by atoms with van der Waals surface area (Å²) >= 11 is 6.34. The number of aryl methyl sites for hydroxylation is 1. The number of allylic oxidation sites excluding steroid dienone is 4. The van der Waals surface area contributed by atoms with Gasteiger partial charge in [0, 0.05) is 37.3 Å². The summed E-state index contributed by atoms with van der Waals surface area (Å²) in [6, 6.07) is 1.91. The molecule has 1 atom stereocenters. The van der Waals surface area contributed by atoms with E-state index >= 15 is 0 Å². The van der Waals surface area contributed by atoms with E-state index in [0.717, 1.165) is 23.1 Å². The number of carbonyl (C=O) groups excluding carboxylic acids is 2. The summed E-state index contributed by atoms with van der Waals surface area (Å²) in [7, 11) is 0. The number of pyridine rings is 1. The highest BCUT2D eigenvalue weighted by atomic mass is 35.5. The fourth-order valence-corrected chi connectivity index (χ4v) is 4.47. The number of anilines is 1. The molecule has 7 nitrogen and oxygen atoms in total. The number of aromatic nitrogens is 3. The van der Waals surface area contributed by atoms with Crippen LogP contribution in [0, 0.1) is 24.7 Å². The Morgan fingerprint density at radius 2 is 1.97 bits per heavy atom. The number of hydrogen-bond donors (Lipinski definition) is 1. The van der Waals surface area contributed by atoms with Crippen molar-refractivity contribution in [3.8, 4) is 11.8 Å². The molecule has 34 heavy (non-hydrogen) atoms. The van der Waals surface area contributed by atoms with Crippen molar-refractivity contribution >= 4 is 29.2 Å². The number of rotatable bonds is 3. The van der Waals surface area contributed by atoms with Crippen molar-refractivity contribution in [1.29, 1.82) is 0 Å². The Morgan fingerprint density at radius 3 is 2.65 bits per heavy atom. The zero-order chi connectivity index (χ0) is 24.2. The fraction of sp³-hybridized carbons (Fsp3) is 0.385. The van der Waals surface area contributed by atoms with E-state index in [1.54, 1.807) is 22.7 Å². The molecule has 0 radical (unpaired) electrons. The van der Waals surface area contributed by atoms with Crippen LogP contribution in [0.5, 0.6) is 0 Å². The average molecular weight is 478 g/mol. The van der Waals surface area contributed by atoms with Crippen LogP contribution in [0.25, 0.3) is 0 Å². The van der Waals surface area contributed by atoms with E-state index in [1.807, 2.05) is 25.1 Å². The Labute approximate surface area is 204 Å². The lowest BCUT2D eigenvalue weighted by Crippen LogP contribution is -2.38. The van der Waals surface area contributed by atoms with Gasteiger partial charge in [-0.2, -0.15) is 5.10 Å². The molecule has 176 valence electrons. The van der Waals surface area contributed by atoms with Crippen LogP contribution < -0.4 is 5.32 Å². The number of piperidine rings is 1. The summed E-state index contributed by atoms with van der Waals surface area (Å²) in [4.78, 5) is 31.0. The molecule has 0 saturated carbocycles. The topological polar surface area (TPSA) is 80.1 Å². The monoisotopic (exact) mass is 477 g/mol. The SMILES string of the molecule is CC(=O)N1CCC(n2ncc(Cl)c2C(=O)Nc2ncc(C#CC3=CC=CCC3C)cc2C)CC1. The molecular formula is C26H28ClN5O2. The van der Waals surface area contributed by atoms with Gasteiger partial charge in [0.1, 0.15) is 11.5 Å². The third-order valence-electron chi connectivity index (χ3n) is 6.32. The molecule has 0 aromatic carbocycles. The second-order valence-corrected chi connectivity index (χ2v) is 9.21. The van der Waals surface area contributed by atoms with Crippen molar-refractivity contribution in [3.63, 3.8) is 0 Å². The number of likely N-dealkylation sites (tertiary alicyclic amines) is 1.